The van der Waals surface area contributed by atoms with Crippen LogP contribution < -0.4 is 14.8 Å². The van der Waals surface area contributed by atoms with Crippen LogP contribution in [0.2, 0.25) is 0 Å². The van der Waals surface area contributed by atoms with Crippen molar-refractivity contribution in [3.8, 4) is 11.5 Å². The van der Waals surface area contributed by atoms with Gasteiger partial charge in [0.25, 0.3) is 0 Å². The van der Waals surface area contributed by atoms with Crippen molar-refractivity contribution in [2.24, 2.45) is 0 Å². The van der Waals surface area contributed by atoms with Gasteiger partial charge < -0.3 is 9.47 Å². The first-order valence-electron chi connectivity index (χ1n) is 8.49. The van der Waals surface area contributed by atoms with Crippen molar-refractivity contribution in [3.05, 3.63) is 62.8 Å². The molecule has 28 heavy (non-hydrogen) atoms. The molecule has 9 heteroatoms. The highest BCUT2D eigenvalue weighted by Gasteiger charge is 2.29. The standard InChI is InChI=1S/C19H16Br2N4O3/c1-27-16-7-12(15-8-17(26)24-19-22-10-23-25(15)19)6-14(21)18(16)28-9-11-2-4-13(20)5-3-11/h2-7,10,15H,8-9H2,1H3,(H,22,23,24,26)/t15-/m1/s1. The Bertz CT molecular complexity index is 1020. The number of benzene rings is 2. The fraction of sp³-hybridized carbons (Fsp3) is 0.211. The van der Waals surface area contributed by atoms with Crippen LogP contribution in [0.1, 0.15) is 23.6 Å². The van der Waals surface area contributed by atoms with Crippen LogP contribution in [-0.4, -0.2) is 27.8 Å². The zero-order valence-electron chi connectivity index (χ0n) is 14.9. The van der Waals surface area contributed by atoms with Gasteiger partial charge in [0.15, 0.2) is 11.5 Å². The first-order valence-corrected chi connectivity index (χ1v) is 10.1. The Labute approximate surface area is 178 Å². The number of hydrogen-bond donors (Lipinski definition) is 1. The Hall–Kier alpha value is -2.39. The number of carbonyl (C=O) groups excluding carboxylic acids is 1. The smallest absolute Gasteiger partial charge is 0.229 e. The third-order valence-corrected chi connectivity index (χ3v) is 5.55. The van der Waals surface area contributed by atoms with Crippen molar-refractivity contribution in [3.63, 3.8) is 0 Å². The summed E-state index contributed by atoms with van der Waals surface area (Å²) in [6.45, 7) is 0.403. The Morgan fingerprint density at radius 2 is 2.04 bits per heavy atom. The summed E-state index contributed by atoms with van der Waals surface area (Å²) in [5.74, 6) is 1.52. The van der Waals surface area contributed by atoms with E-state index >= 15 is 0 Å². The van der Waals surface area contributed by atoms with Gasteiger partial charge in [-0.25, -0.2) is 4.68 Å². The molecule has 144 valence electrons. The molecule has 1 aromatic heterocycles. The van der Waals surface area contributed by atoms with Gasteiger partial charge in [0, 0.05) is 4.47 Å². The number of amides is 1. The number of aromatic nitrogens is 3. The number of hydrogen-bond acceptors (Lipinski definition) is 5. The average molecular weight is 508 g/mol. The summed E-state index contributed by atoms with van der Waals surface area (Å²) >= 11 is 7.00. The van der Waals surface area contributed by atoms with Gasteiger partial charge in [0.05, 0.1) is 24.0 Å². The molecule has 0 aliphatic carbocycles. The number of fused-ring (bicyclic) bond motifs is 1. The lowest BCUT2D eigenvalue weighted by atomic mass is 10.0. The lowest BCUT2D eigenvalue weighted by Crippen LogP contribution is -2.29. The first kappa shape index (κ1) is 18.9. The molecule has 1 aliphatic heterocycles. The molecule has 2 heterocycles. The molecule has 0 unspecified atom stereocenters. The number of nitrogens with zero attached hydrogens (tertiary/aromatic N) is 3. The van der Waals surface area contributed by atoms with Gasteiger partial charge in [-0.15, -0.1) is 0 Å². The Morgan fingerprint density at radius 3 is 2.79 bits per heavy atom. The normalized spacial score (nSPS) is 15.7. The number of carbonyl (C=O) groups is 1. The Kier molecular flexibility index (Phi) is 5.36. The van der Waals surface area contributed by atoms with Crippen molar-refractivity contribution in [1.29, 1.82) is 0 Å². The highest BCUT2D eigenvalue weighted by atomic mass is 79.9. The van der Waals surface area contributed by atoms with Gasteiger partial charge >= 0.3 is 0 Å². The molecule has 7 nitrogen and oxygen atoms in total. The number of halogens is 2. The van der Waals surface area contributed by atoms with Crippen molar-refractivity contribution >= 4 is 43.7 Å². The van der Waals surface area contributed by atoms with Crippen molar-refractivity contribution in [2.45, 2.75) is 19.1 Å². The summed E-state index contributed by atoms with van der Waals surface area (Å²) in [7, 11) is 1.59. The van der Waals surface area contributed by atoms with Crippen molar-refractivity contribution in [1.82, 2.24) is 14.8 Å². The van der Waals surface area contributed by atoms with Crippen LogP contribution in [-0.2, 0) is 11.4 Å². The molecule has 1 aliphatic rings. The number of rotatable bonds is 5. The molecule has 1 N–H and O–H groups in total. The summed E-state index contributed by atoms with van der Waals surface area (Å²) in [5, 5.41) is 6.96. The van der Waals surface area contributed by atoms with Gasteiger partial charge in [-0.05, 0) is 51.3 Å². The topological polar surface area (TPSA) is 78.3 Å². The zero-order chi connectivity index (χ0) is 19.7. The van der Waals surface area contributed by atoms with Gasteiger partial charge in [-0.1, -0.05) is 28.1 Å². The maximum Gasteiger partial charge on any atom is 0.229 e. The maximum atomic E-state index is 12.0. The van der Waals surface area contributed by atoms with E-state index < -0.39 is 0 Å². The molecule has 2 aromatic carbocycles. The van der Waals surface area contributed by atoms with E-state index in [-0.39, 0.29) is 18.4 Å². The molecule has 3 aromatic rings. The van der Waals surface area contributed by atoms with Crippen LogP contribution in [0, 0.1) is 0 Å². The molecular weight excluding hydrogens is 492 g/mol. The molecule has 0 saturated carbocycles. The predicted octanol–water partition coefficient (Wildman–Crippen LogP) is 4.32. The maximum absolute atomic E-state index is 12.0. The van der Waals surface area contributed by atoms with E-state index in [4.69, 9.17) is 9.47 Å². The molecule has 1 atom stereocenters. The molecule has 4 rings (SSSR count). The lowest BCUT2D eigenvalue weighted by Gasteiger charge is -2.25. The van der Waals surface area contributed by atoms with E-state index in [1.165, 1.54) is 6.33 Å². The number of methoxy groups -OCH3 is 1. The molecular formula is C19H16Br2N4O3. The molecule has 0 fully saturated rings. The highest BCUT2D eigenvalue weighted by molar-refractivity contribution is 9.10. The predicted molar refractivity (Wildman–Crippen MR) is 111 cm³/mol. The van der Waals surface area contributed by atoms with Crippen LogP contribution in [0.15, 0.2) is 51.7 Å². The molecule has 0 bridgehead atoms. The molecule has 1 amide bonds. The molecule has 0 saturated heterocycles. The number of nitrogens with one attached hydrogen (secondary N) is 1. The summed E-state index contributed by atoms with van der Waals surface area (Å²) in [6.07, 6.45) is 1.70. The second kappa shape index (κ2) is 7.92. The largest absolute Gasteiger partial charge is 0.493 e. The van der Waals surface area contributed by atoms with Gasteiger partial charge in [0.1, 0.15) is 12.9 Å². The lowest BCUT2D eigenvalue weighted by molar-refractivity contribution is -0.117. The number of ether oxygens (including phenoxy) is 2. The fourth-order valence-electron chi connectivity index (χ4n) is 3.07. The van der Waals surface area contributed by atoms with E-state index in [0.29, 0.717) is 24.1 Å². The second-order valence-electron chi connectivity index (χ2n) is 6.25. The van der Waals surface area contributed by atoms with Crippen molar-refractivity contribution < 1.29 is 14.3 Å². The SMILES string of the molecule is COc1cc([C@H]2CC(=O)Nc3ncnn32)cc(Br)c1OCc1ccc(Br)cc1. The third kappa shape index (κ3) is 3.77. The average Bonchev–Trinajstić information content (AvgIpc) is 3.15. The number of anilines is 1. The summed E-state index contributed by atoms with van der Waals surface area (Å²) in [6, 6.07) is 11.5. The minimum absolute atomic E-state index is 0.101. The fourth-order valence-corrected chi connectivity index (χ4v) is 3.91. The van der Waals surface area contributed by atoms with Crippen LogP contribution in [0.25, 0.3) is 0 Å². The van der Waals surface area contributed by atoms with E-state index in [1.54, 1.807) is 11.8 Å². The Morgan fingerprint density at radius 1 is 1.25 bits per heavy atom. The monoisotopic (exact) mass is 506 g/mol. The van der Waals surface area contributed by atoms with E-state index in [2.05, 4.69) is 47.3 Å². The first-order chi connectivity index (χ1) is 13.5. The van der Waals surface area contributed by atoms with Crippen LogP contribution in [0.5, 0.6) is 11.5 Å². The third-order valence-electron chi connectivity index (χ3n) is 4.43. The summed E-state index contributed by atoms with van der Waals surface area (Å²) in [4.78, 5) is 16.1. The van der Waals surface area contributed by atoms with Crippen LogP contribution >= 0.6 is 31.9 Å². The Balaban J connectivity index is 1.63. The second-order valence-corrected chi connectivity index (χ2v) is 8.02. The van der Waals surface area contributed by atoms with Crippen molar-refractivity contribution in [2.75, 3.05) is 12.4 Å². The van der Waals surface area contributed by atoms with E-state index in [0.717, 1.165) is 20.1 Å². The summed E-state index contributed by atoms with van der Waals surface area (Å²) < 4.78 is 15.0. The van der Waals surface area contributed by atoms with Crippen LogP contribution in [0.4, 0.5) is 5.95 Å². The quantitative estimate of drug-likeness (QED) is 0.556. The van der Waals surface area contributed by atoms with Gasteiger partial charge in [-0.2, -0.15) is 10.1 Å². The highest BCUT2D eigenvalue weighted by Crippen LogP contribution is 2.41. The zero-order valence-corrected chi connectivity index (χ0v) is 18.0. The minimum atomic E-state index is -0.267. The van der Waals surface area contributed by atoms with Gasteiger partial charge in [-0.3, -0.25) is 10.1 Å². The van der Waals surface area contributed by atoms with E-state index in [1.807, 2.05) is 36.4 Å². The summed E-state index contributed by atoms with van der Waals surface area (Å²) in [5.41, 5.74) is 1.92. The van der Waals surface area contributed by atoms with E-state index in [9.17, 15) is 4.79 Å². The van der Waals surface area contributed by atoms with Crippen LogP contribution in [0.3, 0.4) is 0 Å². The molecule has 0 radical (unpaired) electrons. The molecule has 0 spiro atoms. The minimum Gasteiger partial charge on any atom is -0.493 e. The van der Waals surface area contributed by atoms with Gasteiger partial charge in [0.2, 0.25) is 11.9 Å².